The second-order valence-electron chi connectivity index (χ2n) is 7.21. The molecule has 0 N–H and O–H groups in total. The van der Waals surface area contributed by atoms with Crippen LogP contribution in [0.5, 0.6) is 0 Å². The predicted molar refractivity (Wildman–Crippen MR) is 112 cm³/mol. The van der Waals surface area contributed by atoms with Crippen molar-refractivity contribution >= 4 is 11.6 Å². The number of ether oxygens (including phenoxy) is 2. The van der Waals surface area contributed by atoms with E-state index in [2.05, 4.69) is 15.2 Å². The fourth-order valence-corrected chi connectivity index (χ4v) is 3.94. The van der Waals surface area contributed by atoms with Crippen molar-refractivity contribution in [3.05, 3.63) is 82.4 Å². The molecule has 0 spiro atoms. The number of nitrogens with zero attached hydrogens (tertiary/aromatic N) is 5. The molecule has 0 bridgehead atoms. The monoisotopic (exact) mass is 439 g/mol. The van der Waals surface area contributed by atoms with Crippen LogP contribution in [0.15, 0.2) is 48.8 Å². The van der Waals surface area contributed by atoms with E-state index in [9.17, 15) is 4.39 Å². The van der Waals surface area contributed by atoms with Gasteiger partial charge in [0.2, 0.25) is 0 Å². The van der Waals surface area contributed by atoms with Crippen molar-refractivity contribution in [3.8, 4) is 17.1 Å². The van der Waals surface area contributed by atoms with Crippen LogP contribution in [0.25, 0.3) is 17.1 Å². The molecule has 0 amide bonds. The second-order valence-corrected chi connectivity index (χ2v) is 7.65. The molecule has 158 valence electrons. The first kappa shape index (κ1) is 19.9. The van der Waals surface area contributed by atoms with Gasteiger partial charge in [-0.05, 0) is 24.3 Å². The van der Waals surface area contributed by atoms with Gasteiger partial charge in [-0.2, -0.15) is 0 Å². The molecular formula is C22H19ClFN5O2. The minimum absolute atomic E-state index is 0.165. The third-order valence-corrected chi connectivity index (χ3v) is 5.51. The Labute approximate surface area is 183 Å². The minimum atomic E-state index is -0.282. The van der Waals surface area contributed by atoms with Crippen LogP contribution in [0, 0.1) is 5.82 Å². The van der Waals surface area contributed by atoms with Crippen LogP contribution >= 0.6 is 11.6 Å². The molecule has 3 heterocycles. The molecule has 0 unspecified atom stereocenters. The molecule has 2 aromatic heterocycles. The summed E-state index contributed by atoms with van der Waals surface area (Å²) >= 11 is 6.28. The number of aromatic nitrogens is 5. The summed E-state index contributed by atoms with van der Waals surface area (Å²) in [5.74, 6) is 1.14. The Hall–Kier alpha value is -3.07. The summed E-state index contributed by atoms with van der Waals surface area (Å²) in [6.07, 6.45) is 1.76. The standard InChI is InChI=1S/C22H19ClFN5O2/c1-30-12-21-26-27-22-16-8-15(23)6-7-19(16)29-13-25-18(20(29)9-28(21)22)11-31-10-14-4-2-3-5-17(14)24/h2-8,13H,9-12H2,1H3. The highest BCUT2D eigenvalue weighted by molar-refractivity contribution is 6.31. The van der Waals surface area contributed by atoms with E-state index in [4.69, 9.17) is 21.1 Å². The number of hydrogen-bond donors (Lipinski definition) is 0. The summed E-state index contributed by atoms with van der Waals surface area (Å²) in [4.78, 5) is 4.57. The molecule has 1 aliphatic rings. The van der Waals surface area contributed by atoms with E-state index >= 15 is 0 Å². The first-order chi connectivity index (χ1) is 15.2. The Morgan fingerprint density at radius 1 is 1.10 bits per heavy atom. The Morgan fingerprint density at radius 2 is 1.97 bits per heavy atom. The van der Waals surface area contributed by atoms with E-state index in [0.29, 0.717) is 35.4 Å². The number of rotatable bonds is 6. The van der Waals surface area contributed by atoms with Crippen LogP contribution < -0.4 is 0 Å². The number of hydrogen-bond acceptors (Lipinski definition) is 5. The van der Waals surface area contributed by atoms with Gasteiger partial charge in [0, 0.05) is 23.3 Å². The molecule has 0 saturated heterocycles. The zero-order chi connectivity index (χ0) is 21.4. The molecule has 4 aromatic rings. The van der Waals surface area contributed by atoms with Crippen LogP contribution in [0.3, 0.4) is 0 Å². The molecule has 0 saturated carbocycles. The number of halogens is 2. The highest BCUT2D eigenvalue weighted by atomic mass is 35.5. The number of imidazole rings is 1. The molecule has 2 aromatic carbocycles. The number of fused-ring (bicyclic) bond motifs is 5. The molecule has 1 aliphatic heterocycles. The summed E-state index contributed by atoms with van der Waals surface area (Å²) in [5.41, 5.74) is 3.98. The smallest absolute Gasteiger partial charge is 0.166 e. The van der Waals surface area contributed by atoms with Gasteiger partial charge in [0.15, 0.2) is 11.6 Å². The van der Waals surface area contributed by atoms with Gasteiger partial charge in [-0.15, -0.1) is 10.2 Å². The molecular weight excluding hydrogens is 421 g/mol. The molecule has 7 nitrogen and oxygen atoms in total. The Balaban J connectivity index is 1.51. The molecule has 0 radical (unpaired) electrons. The maximum absolute atomic E-state index is 13.9. The van der Waals surface area contributed by atoms with Crippen LogP contribution in [0.1, 0.15) is 22.8 Å². The lowest BCUT2D eigenvalue weighted by Gasteiger charge is -2.10. The predicted octanol–water partition coefficient (Wildman–Crippen LogP) is 4.15. The summed E-state index contributed by atoms with van der Waals surface area (Å²) in [7, 11) is 1.62. The van der Waals surface area contributed by atoms with Crippen LogP contribution in [-0.2, 0) is 35.8 Å². The first-order valence-electron chi connectivity index (χ1n) is 9.73. The summed E-state index contributed by atoms with van der Waals surface area (Å²) in [5, 5.41) is 9.30. The molecule has 0 aliphatic carbocycles. The van der Waals surface area contributed by atoms with Crippen LogP contribution in [-0.4, -0.2) is 31.4 Å². The average Bonchev–Trinajstić information content (AvgIpc) is 3.31. The van der Waals surface area contributed by atoms with Crippen molar-refractivity contribution in [2.24, 2.45) is 0 Å². The quantitative estimate of drug-likeness (QED) is 0.397. The summed E-state index contributed by atoms with van der Waals surface area (Å²) in [6, 6.07) is 12.2. The van der Waals surface area contributed by atoms with E-state index < -0.39 is 0 Å². The highest BCUT2D eigenvalue weighted by Gasteiger charge is 2.26. The maximum atomic E-state index is 13.9. The Morgan fingerprint density at radius 3 is 2.81 bits per heavy atom. The normalized spacial score (nSPS) is 12.2. The van der Waals surface area contributed by atoms with Gasteiger partial charge in [-0.25, -0.2) is 9.37 Å². The largest absolute Gasteiger partial charge is 0.377 e. The van der Waals surface area contributed by atoms with Gasteiger partial charge >= 0.3 is 0 Å². The van der Waals surface area contributed by atoms with Gasteiger partial charge in [-0.1, -0.05) is 29.8 Å². The first-order valence-corrected chi connectivity index (χ1v) is 10.1. The maximum Gasteiger partial charge on any atom is 0.166 e. The SMILES string of the molecule is COCc1nnc2n1Cc1c(COCc3ccccc3F)ncn1-c1ccc(Cl)cc1-2. The topological polar surface area (TPSA) is 67.0 Å². The van der Waals surface area contributed by atoms with E-state index in [-0.39, 0.29) is 19.0 Å². The zero-order valence-electron chi connectivity index (χ0n) is 16.8. The highest BCUT2D eigenvalue weighted by Crippen LogP contribution is 2.34. The van der Waals surface area contributed by atoms with Gasteiger partial charge in [0.05, 0.1) is 43.2 Å². The average molecular weight is 440 g/mol. The van der Waals surface area contributed by atoms with Crippen LogP contribution in [0.4, 0.5) is 4.39 Å². The Bertz CT molecular complexity index is 1250. The number of benzene rings is 2. The van der Waals surface area contributed by atoms with Crippen molar-refractivity contribution in [2.75, 3.05) is 7.11 Å². The van der Waals surface area contributed by atoms with Crippen molar-refractivity contribution in [1.82, 2.24) is 24.3 Å². The van der Waals surface area contributed by atoms with E-state index in [1.165, 1.54) is 6.07 Å². The van der Waals surface area contributed by atoms with E-state index in [0.717, 1.165) is 22.6 Å². The second kappa shape index (κ2) is 8.22. The van der Waals surface area contributed by atoms with Crippen molar-refractivity contribution in [1.29, 1.82) is 0 Å². The van der Waals surface area contributed by atoms with Gasteiger partial charge in [0.25, 0.3) is 0 Å². The van der Waals surface area contributed by atoms with Crippen LogP contribution in [0.2, 0.25) is 5.02 Å². The van der Waals surface area contributed by atoms with Crippen molar-refractivity contribution < 1.29 is 13.9 Å². The molecule has 5 rings (SSSR count). The molecule has 0 fully saturated rings. The third-order valence-electron chi connectivity index (χ3n) is 5.27. The lowest BCUT2D eigenvalue weighted by Crippen LogP contribution is -2.10. The lowest BCUT2D eigenvalue weighted by molar-refractivity contribution is 0.102. The molecule has 0 atom stereocenters. The molecule has 9 heteroatoms. The van der Waals surface area contributed by atoms with Gasteiger partial charge in [0.1, 0.15) is 12.4 Å². The fourth-order valence-electron chi connectivity index (χ4n) is 3.76. The van der Waals surface area contributed by atoms with Gasteiger partial charge in [-0.3, -0.25) is 0 Å². The fraction of sp³-hybridized carbons (Fsp3) is 0.227. The lowest BCUT2D eigenvalue weighted by atomic mass is 10.1. The van der Waals surface area contributed by atoms with Crippen molar-refractivity contribution in [3.63, 3.8) is 0 Å². The Kier molecular flexibility index (Phi) is 5.27. The molecule has 31 heavy (non-hydrogen) atoms. The summed E-state index contributed by atoms with van der Waals surface area (Å²) < 4.78 is 29.0. The van der Waals surface area contributed by atoms with Gasteiger partial charge < -0.3 is 18.6 Å². The number of methoxy groups -OCH3 is 1. The summed E-state index contributed by atoms with van der Waals surface area (Å²) in [6.45, 7) is 1.23. The van der Waals surface area contributed by atoms with E-state index in [1.807, 2.05) is 27.3 Å². The zero-order valence-corrected chi connectivity index (χ0v) is 17.5. The van der Waals surface area contributed by atoms with Crippen molar-refractivity contribution in [2.45, 2.75) is 26.4 Å². The minimum Gasteiger partial charge on any atom is -0.377 e. The van der Waals surface area contributed by atoms with E-state index in [1.54, 1.807) is 31.6 Å². The third kappa shape index (κ3) is 3.63.